The summed E-state index contributed by atoms with van der Waals surface area (Å²) in [6.45, 7) is 2.16. The van der Waals surface area contributed by atoms with Crippen molar-refractivity contribution in [2.75, 3.05) is 0 Å². The fraction of sp³-hybridized carbons (Fsp3) is 0.167. The van der Waals surface area contributed by atoms with Gasteiger partial charge < -0.3 is 0 Å². The maximum atomic E-state index is 4.62. The van der Waals surface area contributed by atoms with Crippen LogP contribution in [0.3, 0.4) is 0 Å². The van der Waals surface area contributed by atoms with E-state index in [1.54, 1.807) is 0 Å². The Morgan fingerprint density at radius 1 is 0.842 bits per heavy atom. The van der Waals surface area contributed by atoms with Crippen molar-refractivity contribution in [2.45, 2.75) is 19.8 Å². The van der Waals surface area contributed by atoms with Gasteiger partial charge in [0.15, 0.2) is 0 Å². The molecular formula is C18H17N. The molecule has 19 heavy (non-hydrogen) atoms. The van der Waals surface area contributed by atoms with Crippen molar-refractivity contribution in [1.82, 2.24) is 4.98 Å². The average Bonchev–Trinajstić information content (AvgIpc) is 2.49. The van der Waals surface area contributed by atoms with Crippen LogP contribution in [0.4, 0.5) is 0 Å². The Kier molecular flexibility index (Phi) is 3.28. The SMILES string of the molecule is CCc1ncc(Cc2ccccc2)c2ccccc12. The predicted molar refractivity (Wildman–Crippen MR) is 80.4 cm³/mol. The van der Waals surface area contributed by atoms with Crippen molar-refractivity contribution in [3.63, 3.8) is 0 Å². The van der Waals surface area contributed by atoms with Gasteiger partial charge in [-0.05, 0) is 29.4 Å². The topological polar surface area (TPSA) is 12.9 Å². The van der Waals surface area contributed by atoms with Gasteiger partial charge in [0.25, 0.3) is 0 Å². The zero-order chi connectivity index (χ0) is 13.1. The summed E-state index contributed by atoms with van der Waals surface area (Å²) in [7, 11) is 0. The molecule has 3 rings (SSSR count). The summed E-state index contributed by atoms with van der Waals surface area (Å²) >= 11 is 0. The number of aromatic nitrogens is 1. The molecule has 0 unspecified atom stereocenters. The highest BCUT2D eigenvalue weighted by atomic mass is 14.7. The van der Waals surface area contributed by atoms with E-state index in [2.05, 4.69) is 66.5 Å². The van der Waals surface area contributed by atoms with E-state index >= 15 is 0 Å². The summed E-state index contributed by atoms with van der Waals surface area (Å²) in [6.07, 6.45) is 3.96. The second kappa shape index (κ2) is 5.23. The van der Waals surface area contributed by atoms with Crippen LogP contribution in [0, 0.1) is 0 Å². The van der Waals surface area contributed by atoms with E-state index in [1.165, 1.54) is 27.6 Å². The van der Waals surface area contributed by atoms with Gasteiger partial charge in [-0.15, -0.1) is 0 Å². The van der Waals surface area contributed by atoms with E-state index in [0.717, 1.165) is 12.8 Å². The molecule has 1 nitrogen and oxygen atoms in total. The lowest BCUT2D eigenvalue weighted by Gasteiger charge is -2.09. The highest BCUT2D eigenvalue weighted by molar-refractivity contribution is 5.87. The van der Waals surface area contributed by atoms with E-state index in [1.807, 2.05) is 6.20 Å². The fourth-order valence-electron chi connectivity index (χ4n) is 2.55. The van der Waals surface area contributed by atoms with Crippen molar-refractivity contribution >= 4 is 10.8 Å². The summed E-state index contributed by atoms with van der Waals surface area (Å²) < 4.78 is 0. The van der Waals surface area contributed by atoms with Crippen LogP contribution in [-0.4, -0.2) is 4.98 Å². The predicted octanol–water partition coefficient (Wildman–Crippen LogP) is 4.39. The molecule has 94 valence electrons. The standard InChI is InChI=1S/C18H17N/c1-2-18-17-11-7-6-10-16(17)15(13-19-18)12-14-8-4-3-5-9-14/h3-11,13H,2,12H2,1H3. The number of rotatable bonds is 3. The first kappa shape index (κ1) is 11.9. The number of benzene rings is 2. The molecule has 0 atom stereocenters. The first-order valence-electron chi connectivity index (χ1n) is 6.78. The van der Waals surface area contributed by atoms with E-state index in [9.17, 15) is 0 Å². The highest BCUT2D eigenvalue weighted by Gasteiger charge is 2.06. The first-order chi connectivity index (χ1) is 9.38. The molecule has 0 aliphatic carbocycles. The minimum atomic E-state index is 0.943. The number of pyridine rings is 1. The number of aryl methyl sites for hydroxylation is 1. The van der Waals surface area contributed by atoms with E-state index < -0.39 is 0 Å². The Bertz CT molecular complexity index is 686. The molecule has 1 heteroatoms. The third-order valence-corrected chi connectivity index (χ3v) is 3.53. The maximum absolute atomic E-state index is 4.62. The maximum Gasteiger partial charge on any atom is 0.0479 e. The van der Waals surface area contributed by atoms with Crippen molar-refractivity contribution in [1.29, 1.82) is 0 Å². The lowest BCUT2D eigenvalue weighted by molar-refractivity contribution is 1.04. The van der Waals surface area contributed by atoms with E-state index in [4.69, 9.17) is 0 Å². The largest absolute Gasteiger partial charge is 0.260 e. The van der Waals surface area contributed by atoms with Crippen molar-refractivity contribution in [2.24, 2.45) is 0 Å². The molecule has 1 heterocycles. The Hall–Kier alpha value is -2.15. The molecule has 0 N–H and O–H groups in total. The molecule has 0 spiro atoms. The van der Waals surface area contributed by atoms with Crippen molar-refractivity contribution in [3.8, 4) is 0 Å². The molecule has 0 radical (unpaired) electrons. The summed E-state index contributed by atoms with van der Waals surface area (Å²) in [5.41, 5.74) is 3.82. The molecule has 3 aromatic rings. The summed E-state index contributed by atoms with van der Waals surface area (Å²) in [6, 6.07) is 19.2. The molecule has 0 amide bonds. The first-order valence-corrected chi connectivity index (χ1v) is 6.78. The number of nitrogens with zero attached hydrogens (tertiary/aromatic N) is 1. The third-order valence-electron chi connectivity index (χ3n) is 3.53. The van der Waals surface area contributed by atoms with E-state index in [0.29, 0.717) is 0 Å². The molecule has 1 aromatic heterocycles. The van der Waals surface area contributed by atoms with Gasteiger partial charge in [0.2, 0.25) is 0 Å². The molecule has 0 aliphatic heterocycles. The molecule has 0 saturated heterocycles. The Labute approximate surface area is 113 Å². The molecule has 0 fully saturated rings. The van der Waals surface area contributed by atoms with Crippen LogP contribution in [0.25, 0.3) is 10.8 Å². The number of hydrogen-bond acceptors (Lipinski definition) is 1. The minimum absolute atomic E-state index is 0.943. The normalized spacial score (nSPS) is 10.8. The zero-order valence-corrected chi connectivity index (χ0v) is 11.1. The Balaban J connectivity index is 2.10. The zero-order valence-electron chi connectivity index (χ0n) is 11.1. The molecule has 0 saturated carbocycles. The smallest absolute Gasteiger partial charge is 0.0479 e. The number of fused-ring (bicyclic) bond motifs is 1. The summed E-state index contributed by atoms with van der Waals surface area (Å²) in [4.78, 5) is 4.62. The van der Waals surface area contributed by atoms with Gasteiger partial charge in [0.05, 0.1) is 0 Å². The summed E-state index contributed by atoms with van der Waals surface area (Å²) in [5, 5.41) is 2.62. The van der Waals surface area contributed by atoms with Crippen molar-refractivity contribution < 1.29 is 0 Å². The second-order valence-corrected chi connectivity index (χ2v) is 4.79. The van der Waals surface area contributed by atoms with Crippen LogP contribution in [0.5, 0.6) is 0 Å². The monoisotopic (exact) mass is 247 g/mol. The second-order valence-electron chi connectivity index (χ2n) is 4.79. The minimum Gasteiger partial charge on any atom is -0.260 e. The van der Waals surface area contributed by atoms with Gasteiger partial charge in [-0.3, -0.25) is 4.98 Å². The lowest BCUT2D eigenvalue weighted by atomic mass is 9.99. The van der Waals surface area contributed by atoms with Gasteiger partial charge in [0, 0.05) is 17.3 Å². The average molecular weight is 247 g/mol. The fourth-order valence-corrected chi connectivity index (χ4v) is 2.55. The van der Waals surface area contributed by atoms with Crippen molar-refractivity contribution in [3.05, 3.63) is 77.6 Å². The summed E-state index contributed by atoms with van der Waals surface area (Å²) in [5.74, 6) is 0. The van der Waals surface area contributed by atoms with Gasteiger partial charge in [-0.2, -0.15) is 0 Å². The van der Waals surface area contributed by atoms with Crippen LogP contribution in [0.1, 0.15) is 23.7 Å². The van der Waals surface area contributed by atoms with Crippen LogP contribution < -0.4 is 0 Å². The van der Waals surface area contributed by atoms with Crippen LogP contribution in [0.2, 0.25) is 0 Å². The van der Waals surface area contributed by atoms with Gasteiger partial charge >= 0.3 is 0 Å². The Morgan fingerprint density at radius 3 is 2.26 bits per heavy atom. The quantitative estimate of drug-likeness (QED) is 0.669. The van der Waals surface area contributed by atoms with Crippen LogP contribution in [-0.2, 0) is 12.8 Å². The molecule has 0 bridgehead atoms. The molecular weight excluding hydrogens is 230 g/mol. The van der Waals surface area contributed by atoms with Crippen LogP contribution >= 0.6 is 0 Å². The molecule has 0 aliphatic rings. The lowest BCUT2D eigenvalue weighted by Crippen LogP contribution is -1.95. The molecule has 2 aromatic carbocycles. The van der Waals surface area contributed by atoms with Gasteiger partial charge in [-0.25, -0.2) is 0 Å². The highest BCUT2D eigenvalue weighted by Crippen LogP contribution is 2.23. The third kappa shape index (κ3) is 2.37. The number of hydrogen-bond donors (Lipinski definition) is 0. The van der Waals surface area contributed by atoms with Gasteiger partial charge in [0.1, 0.15) is 0 Å². The Morgan fingerprint density at radius 2 is 1.53 bits per heavy atom. The van der Waals surface area contributed by atoms with E-state index in [-0.39, 0.29) is 0 Å². The van der Waals surface area contributed by atoms with Gasteiger partial charge in [-0.1, -0.05) is 61.5 Å². The van der Waals surface area contributed by atoms with Crippen LogP contribution in [0.15, 0.2) is 60.8 Å².